The van der Waals surface area contributed by atoms with Crippen LogP contribution in [0.5, 0.6) is 0 Å². The molecule has 0 saturated carbocycles. The van der Waals surface area contributed by atoms with Crippen LogP contribution in [0.25, 0.3) is 0 Å². The van der Waals surface area contributed by atoms with Crippen molar-refractivity contribution >= 4 is 23.6 Å². The number of hydrogen-bond donors (Lipinski definition) is 2. The third kappa shape index (κ3) is 6.14. The Balaban J connectivity index is 2.22. The van der Waals surface area contributed by atoms with Crippen LogP contribution in [0.1, 0.15) is 26.5 Å². The lowest BCUT2D eigenvalue weighted by Crippen LogP contribution is -2.49. The normalized spacial score (nSPS) is 12.2. The lowest BCUT2D eigenvalue weighted by atomic mass is 10.0. The Labute approximate surface area is 123 Å². The average Bonchev–Trinajstić information content (AvgIpc) is 2.87. The molecule has 1 rings (SSSR count). The molecular weight excluding hydrogens is 276 g/mol. The van der Waals surface area contributed by atoms with Gasteiger partial charge in [0.2, 0.25) is 11.8 Å². The molecule has 0 bridgehead atoms. The van der Waals surface area contributed by atoms with Crippen molar-refractivity contribution in [2.75, 3.05) is 12.3 Å². The van der Waals surface area contributed by atoms with Gasteiger partial charge in [-0.2, -0.15) is 11.8 Å². The van der Waals surface area contributed by atoms with Gasteiger partial charge in [0.05, 0.1) is 12.0 Å². The van der Waals surface area contributed by atoms with Crippen molar-refractivity contribution in [3.05, 3.63) is 24.2 Å². The SMILES string of the molecule is CC(=O)NC(C(=O)NCCSCc1ccco1)C(C)C. The molecule has 0 spiro atoms. The Morgan fingerprint density at radius 2 is 2.15 bits per heavy atom. The van der Waals surface area contributed by atoms with E-state index in [0.29, 0.717) is 6.54 Å². The topological polar surface area (TPSA) is 71.3 Å². The molecule has 1 aromatic rings. The molecule has 0 aromatic carbocycles. The molecule has 2 amide bonds. The van der Waals surface area contributed by atoms with E-state index in [4.69, 9.17) is 4.42 Å². The van der Waals surface area contributed by atoms with E-state index in [1.807, 2.05) is 26.0 Å². The van der Waals surface area contributed by atoms with Gasteiger partial charge < -0.3 is 15.1 Å². The first-order chi connectivity index (χ1) is 9.50. The first-order valence-electron chi connectivity index (χ1n) is 6.65. The smallest absolute Gasteiger partial charge is 0.242 e. The van der Waals surface area contributed by atoms with Crippen LogP contribution in [-0.4, -0.2) is 30.2 Å². The molecular formula is C14H22N2O3S. The van der Waals surface area contributed by atoms with Crippen molar-refractivity contribution in [1.29, 1.82) is 0 Å². The van der Waals surface area contributed by atoms with E-state index >= 15 is 0 Å². The van der Waals surface area contributed by atoms with Crippen molar-refractivity contribution < 1.29 is 14.0 Å². The Hall–Kier alpha value is -1.43. The van der Waals surface area contributed by atoms with E-state index in [1.54, 1.807) is 18.0 Å². The molecule has 2 N–H and O–H groups in total. The van der Waals surface area contributed by atoms with Crippen LogP contribution < -0.4 is 10.6 Å². The summed E-state index contributed by atoms with van der Waals surface area (Å²) in [7, 11) is 0. The van der Waals surface area contributed by atoms with E-state index in [-0.39, 0.29) is 17.7 Å². The zero-order chi connectivity index (χ0) is 15.0. The van der Waals surface area contributed by atoms with Crippen LogP contribution in [0.4, 0.5) is 0 Å². The van der Waals surface area contributed by atoms with Crippen LogP contribution in [0.15, 0.2) is 22.8 Å². The van der Waals surface area contributed by atoms with Crippen molar-refractivity contribution in [2.24, 2.45) is 5.92 Å². The van der Waals surface area contributed by atoms with Crippen LogP contribution in [-0.2, 0) is 15.3 Å². The number of hydrogen-bond acceptors (Lipinski definition) is 4. The van der Waals surface area contributed by atoms with Gasteiger partial charge in [-0.15, -0.1) is 0 Å². The van der Waals surface area contributed by atoms with Crippen molar-refractivity contribution in [3.8, 4) is 0 Å². The van der Waals surface area contributed by atoms with E-state index in [1.165, 1.54) is 6.92 Å². The van der Waals surface area contributed by atoms with Gasteiger partial charge in [-0.05, 0) is 18.1 Å². The highest BCUT2D eigenvalue weighted by molar-refractivity contribution is 7.98. The average molecular weight is 298 g/mol. The zero-order valence-corrected chi connectivity index (χ0v) is 13.0. The summed E-state index contributed by atoms with van der Waals surface area (Å²) in [6, 6.07) is 3.32. The van der Waals surface area contributed by atoms with Gasteiger partial charge in [0.1, 0.15) is 11.8 Å². The second kappa shape index (κ2) is 8.68. The van der Waals surface area contributed by atoms with Gasteiger partial charge in [0.15, 0.2) is 0 Å². The molecule has 0 radical (unpaired) electrons. The Morgan fingerprint density at radius 1 is 1.40 bits per heavy atom. The van der Waals surface area contributed by atoms with Gasteiger partial charge >= 0.3 is 0 Å². The molecule has 20 heavy (non-hydrogen) atoms. The first-order valence-corrected chi connectivity index (χ1v) is 7.81. The third-order valence-corrected chi connectivity index (χ3v) is 3.66. The summed E-state index contributed by atoms with van der Waals surface area (Å²) in [4.78, 5) is 23.0. The molecule has 1 aromatic heterocycles. The van der Waals surface area contributed by atoms with E-state index in [9.17, 15) is 9.59 Å². The number of thioether (sulfide) groups is 1. The van der Waals surface area contributed by atoms with E-state index in [0.717, 1.165) is 17.3 Å². The summed E-state index contributed by atoms with van der Waals surface area (Å²) in [6.45, 7) is 5.81. The number of carbonyl (C=O) groups excluding carboxylic acids is 2. The number of rotatable bonds is 8. The number of carbonyl (C=O) groups is 2. The molecule has 1 atom stereocenters. The fraction of sp³-hybridized carbons (Fsp3) is 0.571. The van der Waals surface area contributed by atoms with Crippen molar-refractivity contribution in [3.63, 3.8) is 0 Å². The van der Waals surface area contributed by atoms with Crippen LogP contribution in [0, 0.1) is 5.92 Å². The molecule has 5 nitrogen and oxygen atoms in total. The summed E-state index contributed by atoms with van der Waals surface area (Å²) in [6.07, 6.45) is 1.65. The van der Waals surface area contributed by atoms with Gasteiger partial charge in [-0.3, -0.25) is 9.59 Å². The van der Waals surface area contributed by atoms with Gasteiger partial charge in [-0.25, -0.2) is 0 Å². The van der Waals surface area contributed by atoms with Gasteiger partial charge in [-0.1, -0.05) is 13.8 Å². The minimum Gasteiger partial charge on any atom is -0.468 e. The van der Waals surface area contributed by atoms with Crippen LogP contribution in [0.3, 0.4) is 0 Å². The monoisotopic (exact) mass is 298 g/mol. The largest absolute Gasteiger partial charge is 0.468 e. The fourth-order valence-electron chi connectivity index (χ4n) is 1.68. The standard InChI is InChI=1S/C14H22N2O3S/c1-10(2)13(16-11(3)17)14(18)15-6-8-20-9-12-5-4-7-19-12/h4-5,7,10,13H,6,8-9H2,1-3H3,(H,15,18)(H,16,17). The maximum absolute atomic E-state index is 12.0. The second-order valence-electron chi connectivity index (χ2n) is 4.85. The number of amides is 2. The van der Waals surface area contributed by atoms with Crippen molar-refractivity contribution in [1.82, 2.24) is 10.6 Å². The summed E-state index contributed by atoms with van der Waals surface area (Å²) in [5, 5.41) is 5.51. The maximum Gasteiger partial charge on any atom is 0.242 e. The van der Waals surface area contributed by atoms with Gasteiger partial charge in [0.25, 0.3) is 0 Å². The molecule has 0 saturated heterocycles. The first kappa shape index (κ1) is 16.6. The predicted octanol–water partition coefficient (Wildman–Crippen LogP) is 1.79. The van der Waals surface area contributed by atoms with E-state index in [2.05, 4.69) is 10.6 Å². The zero-order valence-electron chi connectivity index (χ0n) is 12.1. The lowest BCUT2D eigenvalue weighted by molar-refractivity contribution is -0.129. The molecule has 112 valence electrons. The van der Waals surface area contributed by atoms with Crippen LogP contribution >= 0.6 is 11.8 Å². The van der Waals surface area contributed by atoms with Crippen LogP contribution in [0.2, 0.25) is 0 Å². The van der Waals surface area contributed by atoms with Crippen molar-refractivity contribution in [2.45, 2.75) is 32.6 Å². The summed E-state index contributed by atoms with van der Waals surface area (Å²) >= 11 is 1.69. The molecule has 6 heteroatoms. The number of furan rings is 1. The minimum absolute atomic E-state index is 0.0645. The minimum atomic E-state index is -0.470. The highest BCUT2D eigenvalue weighted by Gasteiger charge is 2.22. The second-order valence-corrected chi connectivity index (χ2v) is 5.95. The molecule has 0 aliphatic carbocycles. The molecule has 0 aliphatic rings. The summed E-state index contributed by atoms with van der Waals surface area (Å²) in [5.41, 5.74) is 0. The highest BCUT2D eigenvalue weighted by atomic mass is 32.2. The predicted molar refractivity (Wildman–Crippen MR) is 80.3 cm³/mol. The lowest BCUT2D eigenvalue weighted by Gasteiger charge is -2.20. The Morgan fingerprint density at radius 3 is 2.70 bits per heavy atom. The molecule has 1 unspecified atom stereocenters. The molecule has 0 aliphatic heterocycles. The number of nitrogens with one attached hydrogen (secondary N) is 2. The molecule has 1 heterocycles. The molecule has 0 fully saturated rings. The Kier molecular flexibility index (Phi) is 7.22. The maximum atomic E-state index is 12.0. The summed E-state index contributed by atoms with van der Waals surface area (Å²) in [5.74, 6) is 2.27. The van der Waals surface area contributed by atoms with Gasteiger partial charge in [0, 0.05) is 19.2 Å². The highest BCUT2D eigenvalue weighted by Crippen LogP contribution is 2.11. The Bertz CT molecular complexity index is 418. The third-order valence-electron chi connectivity index (χ3n) is 2.68. The fourth-order valence-corrected chi connectivity index (χ4v) is 2.43. The van der Waals surface area contributed by atoms with E-state index < -0.39 is 6.04 Å². The summed E-state index contributed by atoms with van der Waals surface area (Å²) < 4.78 is 5.22. The quantitative estimate of drug-likeness (QED) is 0.718.